The van der Waals surface area contributed by atoms with Gasteiger partial charge < -0.3 is 10.2 Å². The zero-order chi connectivity index (χ0) is 22.6. The summed E-state index contributed by atoms with van der Waals surface area (Å²) in [5.41, 5.74) is 2.61. The van der Waals surface area contributed by atoms with Gasteiger partial charge >= 0.3 is 0 Å². The molecule has 2 amide bonds. The Balaban J connectivity index is 1.22. The molecule has 1 saturated heterocycles. The number of nitrogens with zero attached hydrogens (tertiary/aromatic N) is 3. The molecule has 1 aromatic heterocycles. The number of para-hydroxylation sites is 1. The van der Waals surface area contributed by atoms with Crippen molar-refractivity contribution < 1.29 is 9.59 Å². The topological polar surface area (TPSA) is 67.2 Å². The fourth-order valence-corrected chi connectivity index (χ4v) is 4.46. The number of aromatic nitrogens is 2. The van der Waals surface area contributed by atoms with Gasteiger partial charge in [0.15, 0.2) is 0 Å². The largest absolute Gasteiger partial charge is 0.352 e. The first-order valence-electron chi connectivity index (χ1n) is 11.3. The molecular formula is C27H26N4O2. The van der Waals surface area contributed by atoms with Crippen molar-refractivity contribution in [2.45, 2.75) is 19.4 Å². The van der Waals surface area contributed by atoms with Crippen LogP contribution in [0.4, 0.5) is 0 Å². The molecule has 3 aromatic carbocycles. The van der Waals surface area contributed by atoms with Gasteiger partial charge in [-0.05, 0) is 41.8 Å². The van der Waals surface area contributed by atoms with Gasteiger partial charge in [0, 0.05) is 37.0 Å². The smallest absolute Gasteiger partial charge is 0.254 e. The standard InChI is InChI=1S/C27H26N4O2/c32-26(28-16-20-17-29-31(18-20)23-11-2-1-3-12-23)22-10-7-15-30(19-22)27(33)25-14-6-9-21-8-4-5-13-24(21)25/h1-6,8-9,11-14,17-18,22H,7,10,15-16,19H2,(H,28,32)/t22-/m0/s1. The van der Waals surface area contributed by atoms with Crippen LogP contribution in [0, 0.1) is 5.92 Å². The van der Waals surface area contributed by atoms with Gasteiger partial charge in [-0.1, -0.05) is 54.6 Å². The summed E-state index contributed by atoms with van der Waals surface area (Å²) in [6.07, 6.45) is 5.30. The van der Waals surface area contributed by atoms with E-state index in [1.807, 2.05) is 83.9 Å². The molecule has 6 heteroatoms. The van der Waals surface area contributed by atoms with Crippen molar-refractivity contribution in [3.05, 3.63) is 96.3 Å². The van der Waals surface area contributed by atoms with E-state index in [1.165, 1.54) is 0 Å². The second kappa shape index (κ2) is 9.28. The third-order valence-corrected chi connectivity index (χ3v) is 6.22. The second-order valence-electron chi connectivity index (χ2n) is 8.46. The number of likely N-dealkylation sites (tertiary alicyclic amines) is 1. The number of carbonyl (C=O) groups is 2. The fourth-order valence-electron chi connectivity index (χ4n) is 4.46. The molecule has 166 valence electrons. The zero-order valence-electron chi connectivity index (χ0n) is 18.4. The van der Waals surface area contributed by atoms with E-state index in [9.17, 15) is 9.59 Å². The van der Waals surface area contributed by atoms with Crippen LogP contribution in [0.2, 0.25) is 0 Å². The van der Waals surface area contributed by atoms with E-state index in [-0.39, 0.29) is 17.7 Å². The molecule has 0 bridgehead atoms. The number of carbonyl (C=O) groups excluding carboxylic acids is 2. The van der Waals surface area contributed by atoms with Crippen LogP contribution in [-0.2, 0) is 11.3 Å². The summed E-state index contributed by atoms with van der Waals surface area (Å²) >= 11 is 0. The molecule has 1 atom stereocenters. The second-order valence-corrected chi connectivity index (χ2v) is 8.46. The van der Waals surface area contributed by atoms with Crippen molar-refractivity contribution >= 4 is 22.6 Å². The lowest BCUT2D eigenvalue weighted by Gasteiger charge is -2.32. The quantitative estimate of drug-likeness (QED) is 0.508. The molecule has 1 fully saturated rings. The fraction of sp³-hybridized carbons (Fsp3) is 0.222. The van der Waals surface area contributed by atoms with Gasteiger partial charge in [0.05, 0.1) is 17.8 Å². The van der Waals surface area contributed by atoms with Crippen molar-refractivity contribution in [3.8, 4) is 5.69 Å². The Labute approximate surface area is 192 Å². The lowest BCUT2D eigenvalue weighted by molar-refractivity contribution is -0.126. The number of rotatable bonds is 5. The Morgan fingerprint density at radius 2 is 1.76 bits per heavy atom. The van der Waals surface area contributed by atoms with Crippen molar-refractivity contribution in [1.82, 2.24) is 20.0 Å². The zero-order valence-corrected chi connectivity index (χ0v) is 18.4. The van der Waals surface area contributed by atoms with E-state index >= 15 is 0 Å². The number of benzene rings is 3. The van der Waals surface area contributed by atoms with E-state index in [1.54, 1.807) is 10.9 Å². The normalized spacial score (nSPS) is 16.0. The van der Waals surface area contributed by atoms with Crippen molar-refractivity contribution in [1.29, 1.82) is 0 Å². The van der Waals surface area contributed by atoms with Crippen molar-refractivity contribution in [2.24, 2.45) is 5.92 Å². The van der Waals surface area contributed by atoms with Gasteiger partial charge in [-0.3, -0.25) is 9.59 Å². The lowest BCUT2D eigenvalue weighted by atomic mass is 9.95. The summed E-state index contributed by atoms with van der Waals surface area (Å²) in [5, 5.41) is 9.41. The summed E-state index contributed by atoms with van der Waals surface area (Å²) in [6, 6.07) is 23.6. The lowest BCUT2D eigenvalue weighted by Crippen LogP contribution is -2.45. The number of amides is 2. The molecule has 5 rings (SSSR count). The summed E-state index contributed by atoms with van der Waals surface area (Å²) < 4.78 is 1.80. The monoisotopic (exact) mass is 438 g/mol. The number of hydrogen-bond donors (Lipinski definition) is 1. The third-order valence-electron chi connectivity index (χ3n) is 6.22. The molecule has 1 aliphatic heterocycles. The minimum Gasteiger partial charge on any atom is -0.352 e. The van der Waals surface area contributed by atoms with Crippen LogP contribution in [0.15, 0.2) is 85.2 Å². The van der Waals surface area contributed by atoms with Crippen LogP contribution >= 0.6 is 0 Å². The van der Waals surface area contributed by atoms with Crippen molar-refractivity contribution in [3.63, 3.8) is 0 Å². The first kappa shape index (κ1) is 20.9. The number of fused-ring (bicyclic) bond motifs is 1. The van der Waals surface area contributed by atoms with E-state index in [0.29, 0.717) is 25.2 Å². The molecule has 2 heterocycles. The van der Waals surface area contributed by atoms with Gasteiger partial charge in [0.2, 0.25) is 5.91 Å². The molecule has 0 unspecified atom stereocenters. The van der Waals surface area contributed by atoms with Crippen LogP contribution in [0.5, 0.6) is 0 Å². The summed E-state index contributed by atoms with van der Waals surface area (Å²) in [5.74, 6) is -0.229. The molecule has 0 saturated carbocycles. The maximum Gasteiger partial charge on any atom is 0.254 e. The predicted molar refractivity (Wildman–Crippen MR) is 128 cm³/mol. The number of nitrogens with one attached hydrogen (secondary N) is 1. The summed E-state index contributed by atoms with van der Waals surface area (Å²) in [4.78, 5) is 28.0. The molecule has 33 heavy (non-hydrogen) atoms. The van der Waals surface area contributed by atoms with Crippen LogP contribution in [0.25, 0.3) is 16.5 Å². The average Bonchev–Trinajstić information content (AvgIpc) is 3.36. The van der Waals surface area contributed by atoms with E-state index in [2.05, 4.69) is 10.4 Å². The van der Waals surface area contributed by atoms with Gasteiger partial charge in [-0.15, -0.1) is 0 Å². The first-order valence-corrected chi connectivity index (χ1v) is 11.3. The van der Waals surface area contributed by atoms with Gasteiger partial charge in [-0.2, -0.15) is 5.10 Å². The third kappa shape index (κ3) is 4.51. The van der Waals surface area contributed by atoms with E-state index in [4.69, 9.17) is 0 Å². The molecular weight excluding hydrogens is 412 g/mol. The van der Waals surface area contributed by atoms with Crippen LogP contribution < -0.4 is 5.32 Å². The molecule has 1 N–H and O–H groups in total. The minimum atomic E-state index is -0.207. The van der Waals surface area contributed by atoms with E-state index in [0.717, 1.165) is 34.9 Å². The van der Waals surface area contributed by atoms with Crippen LogP contribution in [0.3, 0.4) is 0 Å². The maximum absolute atomic E-state index is 13.3. The highest BCUT2D eigenvalue weighted by molar-refractivity contribution is 6.07. The Kier molecular flexibility index (Phi) is 5.89. The molecule has 0 aliphatic carbocycles. The molecule has 6 nitrogen and oxygen atoms in total. The van der Waals surface area contributed by atoms with Crippen LogP contribution in [0.1, 0.15) is 28.8 Å². The Morgan fingerprint density at radius 3 is 2.64 bits per heavy atom. The van der Waals surface area contributed by atoms with Gasteiger partial charge in [0.1, 0.15) is 0 Å². The highest BCUT2D eigenvalue weighted by Gasteiger charge is 2.29. The Morgan fingerprint density at radius 1 is 0.970 bits per heavy atom. The van der Waals surface area contributed by atoms with Gasteiger partial charge in [-0.25, -0.2) is 4.68 Å². The molecule has 1 aliphatic rings. The molecule has 0 radical (unpaired) electrons. The maximum atomic E-state index is 13.3. The SMILES string of the molecule is O=C(NCc1cnn(-c2ccccc2)c1)[C@H]1CCCN(C(=O)c2cccc3ccccc23)C1. The number of piperidine rings is 1. The van der Waals surface area contributed by atoms with Crippen LogP contribution in [-0.4, -0.2) is 39.6 Å². The summed E-state index contributed by atoms with van der Waals surface area (Å²) in [7, 11) is 0. The molecule has 4 aromatic rings. The highest BCUT2D eigenvalue weighted by Crippen LogP contribution is 2.23. The van der Waals surface area contributed by atoms with Gasteiger partial charge in [0.25, 0.3) is 5.91 Å². The Bertz CT molecular complexity index is 1280. The van der Waals surface area contributed by atoms with Crippen molar-refractivity contribution in [2.75, 3.05) is 13.1 Å². The average molecular weight is 439 g/mol. The van der Waals surface area contributed by atoms with E-state index < -0.39 is 0 Å². The minimum absolute atomic E-state index is 0.00608. The number of hydrogen-bond acceptors (Lipinski definition) is 3. The summed E-state index contributed by atoms with van der Waals surface area (Å²) in [6.45, 7) is 1.53. The highest BCUT2D eigenvalue weighted by atomic mass is 16.2. The first-order chi connectivity index (χ1) is 16.2. The molecule has 0 spiro atoms. The Hall–Kier alpha value is -3.93. The predicted octanol–water partition coefficient (Wildman–Crippen LogP) is 4.19.